The lowest BCUT2D eigenvalue weighted by atomic mass is 9.96. The van der Waals surface area contributed by atoms with Crippen molar-refractivity contribution in [2.75, 3.05) is 5.32 Å². The molecule has 0 bridgehead atoms. The molecule has 1 amide bonds. The molecule has 0 radical (unpaired) electrons. The number of nitrogens with zero attached hydrogens (tertiary/aromatic N) is 1. The van der Waals surface area contributed by atoms with Gasteiger partial charge in [-0.2, -0.15) is 0 Å². The zero-order chi connectivity index (χ0) is 20.5. The number of carbonyl (C=O) groups is 1. The first kappa shape index (κ1) is 18.7. The SMILES string of the molecule is Cc1ccc(-c2nc3ccccc3c(C(=O)Nc3ccc(F)cc3F)c2C)cc1. The molecule has 5 heteroatoms. The third kappa shape index (κ3) is 3.59. The van der Waals surface area contributed by atoms with Gasteiger partial charge in [0.25, 0.3) is 5.91 Å². The third-order valence-electron chi connectivity index (χ3n) is 4.87. The highest BCUT2D eigenvalue weighted by Crippen LogP contribution is 2.30. The summed E-state index contributed by atoms with van der Waals surface area (Å²) in [5.41, 5.74) is 4.39. The Morgan fingerprint density at radius 3 is 2.38 bits per heavy atom. The molecule has 29 heavy (non-hydrogen) atoms. The number of carbonyl (C=O) groups excluding carboxylic acids is 1. The van der Waals surface area contributed by atoms with E-state index in [4.69, 9.17) is 4.98 Å². The van der Waals surface area contributed by atoms with Crippen LogP contribution in [0.25, 0.3) is 22.2 Å². The van der Waals surface area contributed by atoms with E-state index in [1.54, 1.807) is 0 Å². The molecule has 0 saturated heterocycles. The van der Waals surface area contributed by atoms with E-state index in [2.05, 4.69) is 5.32 Å². The molecule has 4 aromatic rings. The number of amides is 1. The highest BCUT2D eigenvalue weighted by Gasteiger charge is 2.20. The maximum Gasteiger partial charge on any atom is 0.256 e. The second kappa shape index (κ2) is 7.43. The molecule has 0 atom stereocenters. The minimum Gasteiger partial charge on any atom is -0.319 e. The van der Waals surface area contributed by atoms with Crippen LogP contribution in [0.1, 0.15) is 21.5 Å². The van der Waals surface area contributed by atoms with Gasteiger partial charge in [0.05, 0.1) is 22.5 Å². The Morgan fingerprint density at radius 1 is 0.931 bits per heavy atom. The topological polar surface area (TPSA) is 42.0 Å². The fourth-order valence-corrected chi connectivity index (χ4v) is 3.37. The molecular formula is C24H18F2N2O. The van der Waals surface area contributed by atoms with Crippen LogP contribution in [0, 0.1) is 25.5 Å². The smallest absolute Gasteiger partial charge is 0.256 e. The van der Waals surface area contributed by atoms with Crippen molar-refractivity contribution in [3.05, 3.63) is 95.1 Å². The first-order chi connectivity index (χ1) is 13.9. The van der Waals surface area contributed by atoms with Gasteiger partial charge in [-0.15, -0.1) is 0 Å². The van der Waals surface area contributed by atoms with E-state index in [-0.39, 0.29) is 5.69 Å². The molecule has 1 aromatic heterocycles. The van der Waals surface area contributed by atoms with Crippen LogP contribution in [0.3, 0.4) is 0 Å². The lowest BCUT2D eigenvalue weighted by Crippen LogP contribution is -2.16. The van der Waals surface area contributed by atoms with E-state index < -0.39 is 17.5 Å². The van der Waals surface area contributed by atoms with Crippen LogP contribution in [-0.4, -0.2) is 10.9 Å². The molecule has 3 nitrogen and oxygen atoms in total. The van der Waals surface area contributed by atoms with Gasteiger partial charge in [0.15, 0.2) is 0 Å². The minimum absolute atomic E-state index is 0.0754. The van der Waals surface area contributed by atoms with Crippen molar-refractivity contribution < 1.29 is 13.6 Å². The summed E-state index contributed by atoms with van der Waals surface area (Å²) in [5.74, 6) is -2.00. The number of para-hydroxylation sites is 1. The second-order valence-electron chi connectivity index (χ2n) is 6.92. The standard InChI is InChI=1S/C24H18F2N2O/c1-14-7-9-16(10-8-14)23-15(2)22(18-5-3-4-6-20(18)27-23)24(29)28-21-12-11-17(25)13-19(21)26/h3-13H,1-2H3,(H,28,29). The molecule has 144 valence electrons. The first-order valence-electron chi connectivity index (χ1n) is 9.17. The molecule has 0 saturated carbocycles. The second-order valence-corrected chi connectivity index (χ2v) is 6.92. The zero-order valence-corrected chi connectivity index (χ0v) is 16.0. The lowest BCUT2D eigenvalue weighted by Gasteiger charge is -2.15. The van der Waals surface area contributed by atoms with Gasteiger partial charge in [-0.05, 0) is 37.6 Å². The maximum atomic E-state index is 14.1. The van der Waals surface area contributed by atoms with Gasteiger partial charge in [-0.3, -0.25) is 4.79 Å². The fourth-order valence-electron chi connectivity index (χ4n) is 3.37. The maximum absolute atomic E-state index is 14.1. The molecule has 3 aromatic carbocycles. The number of rotatable bonds is 3. The quantitative estimate of drug-likeness (QED) is 0.464. The average Bonchev–Trinajstić information content (AvgIpc) is 2.70. The van der Waals surface area contributed by atoms with E-state index in [0.29, 0.717) is 27.7 Å². The normalized spacial score (nSPS) is 10.9. The van der Waals surface area contributed by atoms with Crippen molar-refractivity contribution in [2.24, 2.45) is 0 Å². The van der Waals surface area contributed by atoms with Crippen LogP contribution in [0.5, 0.6) is 0 Å². The predicted molar refractivity (Wildman–Crippen MR) is 111 cm³/mol. The van der Waals surface area contributed by atoms with Crippen LogP contribution in [0.4, 0.5) is 14.5 Å². The summed E-state index contributed by atoms with van der Waals surface area (Å²) in [7, 11) is 0. The van der Waals surface area contributed by atoms with Crippen LogP contribution >= 0.6 is 0 Å². The highest BCUT2D eigenvalue weighted by molar-refractivity contribution is 6.14. The van der Waals surface area contributed by atoms with E-state index in [1.165, 1.54) is 6.07 Å². The zero-order valence-electron chi connectivity index (χ0n) is 16.0. The number of nitrogens with one attached hydrogen (secondary N) is 1. The minimum atomic E-state index is -0.826. The Morgan fingerprint density at radius 2 is 1.66 bits per heavy atom. The van der Waals surface area contributed by atoms with Crippen LogP contribution in [-0.2, 0) is 0 Å². The summed E-state index contributed by atoms with van der Waals surface area (Å²) in [6, 6.07) is 18.3. The van der Waals surface area contributed by atoms with Crippen molar-refractivity contribution in [2.45, 2.75) is 13.8 Å². The fraction of sp³-hybridized carbons (Fsp3) is 0.0833. The monoisotopic (exact) mass is 388 g/mol. The lowest BCUT2D eigenvalue weighted by molar-refractivity contribution is 0.102. The summed E-state index contributed by atoms with van der Waals surface area (Å²) >= 11 is 0. The van der Waals surface area contributed by atoms with Crippen LogP contribution in [0.15, 0.2) is 66.7 Å². The number of pyridine rings is 1. The van der Waals surface area contributed by atoms with Crippen molar-refractivity contribution in [3.63, 3.8) is 0 Å². The van der Waals surface area contributed by atoms with E-state index in [1.807, 2.05) is 62.4 Å². The molecule has 0 aliphatic carbocycles. The van der Waals surface area contributed by atoms with E-state index >= 15 is 0 Å². The largest absolute Gasteiger partial charge is 0.319 e. The highest BCUT2D eigenvalue weighted by atomic mass is 19.1. The molecule has 0 spiro atoms. The molecule has 4 rings (SSSR count). The number of halogens is 2. The molecular weight excluding hydrogens is 370 g/mol. The number of benzene rings is 3. The molecule has 1 heterocycles. The molecule has 0 unspecified atom stereocenters. The Hall–Kier alpha value is -3.60. The summed E-state index contributed by atoms with van der Waals surface area (Å²) in [6.07, 6.45) is 0. The van der Waals surface area contributed by atoms with Crippen molar-refractivity contribution in [3.8, 4) is 11.3 Å². The summed E-state index contributed by atoms with van der Waals surface area (Å²) < 4.78 is 27.2. The molecule has 0 aliphatic rings. The van der Waals surface area contributed by atoms with Crippen molar-refractivity contribution >= 4 is 22.5 Å². The predicted octanol–water partition coefficient (Wildman–Crippen LogP) is 6.05. The van der Waals surface area contributed by atoms with Gasteiger partial charge in [0.2, 0.25) is 0 Å². The Bertz CT molecular complexity index is 1230. The van der Waals surface area contributed by atoms with Gasteiger partial charge in [-0.25, -0.2) is 13.8 Å². The van der Waals surface area contributed by atoms with E-state index in [9.17, 15) is 13.6 Å². The Kier molecular flexibility index (Phi) is 4.80. The van der Waals surface area contributed by atoms with E-state index in [0.717, 1.165) is 23.3 Å². The summed E-state index contributed by atoms with van der Waals surface area (Å²) in [6.45, 7) is 3.82. The van der Waals surface area contributed by atoms with Crippen molar-refractivity contribution in [1.29, 1.82) is 0 Å². The molecule has 0 fully saturated rings. The van der Waals surface area contributed by atoms with Crippen LogP contribution < -0.4 is 5.32 Å². The van der Waals surface area contributed by atoms with Gasteiger partial charge in [0, 0.05) is 17.0 Å². The summed E-state index contributed by atoms with van der Waals surface area (Å²) in [5, 5.41) is 3.23. The van der Waals surface area contributed by atoms with Gasteiger partial charge >= 0.3 is 0 Å². The van der Waals surface area contributed by atoms with Gasteiger partial charge in [0.1, 0.15) is 11.6 Å². The average molecular weight is 388 g/mol. The third-order valence-corrected chi connectivity index (χ3v) is 4.87. The molecule has 1 N–H and O–H groups in total. The number of fused-ring (bicyclic) bond motifs is 1. The molecule has 0 aliphatic heterocycles. The number of aryl methyl sites for hydroxylation is 1. The van der Waals surface area contributed by atoms with Gasteiger partial charge < -0.3 is 5.32 Å². The summed E-state index contributed by atoms with van der Waals surface area (Å²) in [4.78, 5) is 17.9. The number of hydrogen-bond donors (Lipinski definition) is 1. The number of aromatic nitrogens is 1. The number of anilines is 1. The Balaban J connectivity index is 1.87. The number of hydrogen-bond acceptors (Lipinski definition) is 2. The van der Waals surface area contributed by atoms with Crippen molar-refractivity contribution in [1.82, 2.24) is 4.98 Å². The Labute approximate surface area is 167 Å². The van der Waals surface area contributed by atoms with Gasteiger partial charge in [-0.1, -0.05) is 48.0 Å². The first-order valence-corrected chi connectivity index (χ1v) is 9.17. The van der Waals surface area contributed by atoms with Crippen LogP contribution in [0.2, 0.25) is 0 Å².